The minimum absolute atomic E-state index is 0.0247. The van der Waals surface area contributed by atoms with Gasteiger partial charge in [-0.2, -0.15) is 0 Å². The fraction of sp³-hybridized carbons (Fsp3) is 0.250. The molecule has 5 rings (SSSR count). The summed E-state index contributed by atoms with van der Waals surface area (Å²) in [5.41, 5.74) is 6.84. The maximum absolute atomic E-state index is 13.4. The molecule has 30 heavy (non-hydrogen) atoms. The highest BCUT2D eigenvalue weighted by molar-refractivity contribution is 6.13. The Morgan fingerprint density at radius 3 is 2.50 bits per heavy atom. The molecule has 0 spiro atoms. The summed E-state index contributed by atoms with van der Waals surface area (Å²) in [5.74, 6) is 0.276. The summed E-state index contributed by atoms with van der Waals surface area (Å²) < 4.78 is 0. The number of hydrogen-bond donors (Lipinski definition) is 1. The topological polar surface area (TPSA) is 29.1 Å². The van der Waals surface area contributed by atoms with Crippen molar-refractivity contribution in [2.24, 2.45) is 5.41 Å². The van der Waals surface area contributed by atoms with Gasteiger partial charge in [0, 0.05) is 23.2 Å². The van der Waals surface area contributed by atoms with Crippen molar-refractivity contribution in [3.05, 3.63) is 89.0 Å². The van der Waals surface area contributed by atoms with Crippen molar-refractivity contribution in [3.63, 3.8) is 0 Å². The van der Waals surface area contributed by atoms with Crippen LogP contribution in [-0.4, -0.2) is 11.8 Å². The van der Waals surface area contributed by atoms with E-state index in [1.54, 1.807) is 0 Å². The van der Waals surface area contributed by atoms with E-state index in [2.05, 4.69) is 80.7 Å². The molecule has 0 amide bonds. The Bertz CT molecular complexity index is 1210. The van der Waals surface area contributed by atoms with E-state index in [0.29, 0.717) is 6.42 Å². The molecule has 3 aromatic carbocycles. The number of benzene rings is 3. The van der Waals surface area contributed by atoms with Gasteiger partial charge in [0.15, 0.2) is 5.78 Å². The zero-order valence-electron chi connectivity index (χ0n) is 17.8. The highest BCUT2D eigenvalue weighted by Gasteiger charge is 2.40. The highest BCUT2D eigenvalue weighted by Crippen LogP contribution is 2.49. The summed E-state index contributed by atoms with van der Waals surface area (Å²) in [6.07, 6.45) is 3.72. The molecule has 3 aromatic rings. The molecule has 1 aliphatic heterocycles. The molecule has 0 aromatic heterocycles. The van der Waals surface area contributed by atoms with Crippen molar-refractivity contribution in [2.45, 2.75) is 39.7 Å². The average Bonchev–Trinajstić information content (AvgIpc) is 2.72. The van der Waals surface area contributed by atoms with Crippen LogP contribution in [0.5, 0.6) is 0 Å². The third-order valence-electron chi connectivity index (χ3n) is 6.39. The minimum Gasteiger partial charge on any atom is -0.374 e. The summed E-state index contributed by atoms with van der Waals surface area (Å²) in [6, 6.07) is 23.1. The van der Waals surface area contributed by atoms with E-state index in [0.717, 1.165) is 23.2 Å². The Morgan fingerprint density at radius 2 is 1.70 bits per heavy atom. The monoisotopic (exact) mass is 393 g/mol. The number of Topliss-reactive ketones (excluding diaryl/α,β-unsaturated/α-hetero) is 1. The Labute approximate surface area is 178 Å². The van der Waals surface area contributed by atoms with Crippen molar-refractivity contribution in [3.8, 4) is 0 Å². The Kier molecular flexibility index (Phi) is 4.39. The first-order valence-corrected chi connectivity index (χ1v) is 10.7. The summed E-state index contributed by atoms with van der Waals surface area (Å²) >= 11 is 0. The lowest BCUT2D eigenvalue weighted by molar-refractivity contribution is -0.117. The van der Waals surface area contributed by atoms with Crippen LogP contribution in [-0.2, 0) is 4.79 Å². The maximum Gasteiger partial charge on any atom is 0.162 e. The lowest BCUT2D eigenvalue weighted by Crippen LogP contribution is -2.37. The van der Waals surface area contributed by atoms with Gasteiger partial charge in [-0.25, -0.2) is 0 Å². The predicted molar refractivity (Wildman–Crippen MR) is 126 cm³/mol. The van der Waals surface area contributed by atoms with Gasteiger partial charge in [0.1, 0.15) is 0 Å². The number of anilines is 1. The predicted octanol–water partition coefficient (Wildman–Crippen LogP) is 6.88. The van der Waals surface area contributed by atoms with Crippen molar-refractivity contribution in [2.75, 3.05) is 5.32 Å². The quantitative estimate of drug-likeness (QED) is 0.514. The van der Waals surface area contributed by atoms with Gasteiger partial charge in [-0.05, 0) is 52.3 Å². The van der Waals surface area contributed by atoms with Crippen molar-refractivity contribution in [1.82, 2.24) is 0 Å². The minimum atomic E-state index is -0.0857. The molecule has 1 atom stereocenters. The third-order valence-corrected chi connectivity index (χ3v) is 6.39. The van der Waals surface area contributed by atoms with Crippen LogP contribution in [0.25, 0.3) is 22.4 Å². The van der Waals surface area contributed by atoms with Gasteiger partial charge < -0.3 is 5.32 Å². The largest absolute Gasteiger partial charge is 0.374 e. The highest BCUT2D eigenvalue weighted by atomic mass is 16.1. The fourth-order valence-corrected chi connectivity index (χ4v) is 5.07. The van der Waals surface area contributed by atoms with Crippen LogP contribution in [0, 0.1) is 5.41 Å². The summed E-state index contributed by atoms with van der Waals surface area (Å²) in [7, 11) is 0. The number of ketones is 1. The van der Waals surface area contributed by atoms with Gasteiger partial charge in [0.05, 0.1) is 6.04 Å². The van der Waals surface area contributed by atoms with Gasteiger partial charge >= 0.3 is 0 Å². The summed E-state index contributed by atoms with van der Waals surface area (Å²) in [4.78, 5) is 13.4. The van der Waals surface area contributed by atoms with E-state index in [-0.39, 0.29) is 17.2 Å². The van der Waals surface area contributed by atoms with Crippen LogP contribution in [0.4, 0.5) is 5.69 Å². The molecule has 2 aliphatic rings. The molecule has 0 unspecified atom stereocenters. The summed E-state index contributed by atoms with van der Waals surface area (Å²) in [6.45, 7) is 6.56. The molecule has 0 bridgehead atoms. The Balaban J connectivity index is 1.73. The van der Waals surface area contributed by atoms with Crippen LogP contribution in [0.2, 0.25) is 0 Å². The van der Waals surface area contributed by atoms with Crippen LogP contribution in [0.15, 0.2) is 77.9 Å². The zero-order chi connectivity index (χ0) is 20.9. The molecule has 0 radical (unpaired) electrons. The molecule has 0 saturated carbocycles. The summed E-state index contributed by atoms with van der Waals surface area (Å²) in [5, 5.41) is 6.16. The second-order valence-electron chi connectivity index (χ2n) is 9.42. The molecule has 2 nitrogen and oxygen atoms in total. The number of carbonyl (C=O) groups is 1. The molecule has 1 N–H and O–H groups in total. The van der Waals surface area contributed by atoms with E-state index < -0.39 is 0 Å². The first kappa shape index (κ1) is 18.9. The van der Waals surface area contributed by atoms with Gasteiger partial charge in [0.25, 0.3) is 0 Å². The SMILES string of the molecule is C/C(=C\c1ccccc1)[C@@H]1Nc2ccc3ccccc3c2C2=C1C(=O)CC(C)(C)C2. The fourth-order valence-electron chi connectivity index (χ4n) is 5.07. The second-order valence-corrected chi connectivity index (χ2v) is 9.42. The smallest absolute Gasteiger partial charge is 0.162 e. The van der Waals surface area contributed by atoms with Crippen LogP contribution >= 0.6 is 0 Å². The number of fused-ring (bicyclic) bond motifs is 4. The van der Waals surface area contributed by atoms with Crippen LogP contribution in [0.3, 0.4) is 0 Å². The third kappa shape index (κ3) is 3.17. The lowest BCUT2D eigenvalue weighted by atomic mass is 9.68. The van der Waals surface area contributed by atoms with Gasteiger partial charge in [-0.15, -0.1) is 0 Å². The first-order chi connectivity index (χ1) is 14.4. The molecule has 0 fully saturated rings. The standard InChI is InChI=1S/C28H27NO/c1-18(15-19-9-5-4-6-10-19)27-26-22(16-28(2,3)17-24(26)30)25-21-12-8-7-11-20(21)13-14-23(25)29-27/h4-15,27,29H,16-17H2,1-3H3/b18-15+/t27-/m0/s1. The zero-order valence-corrected chi connectivity index (χ0v) is 17.8. The van der Waals surface area contributed by atoms with E-state index in [1.807, 2.05) is 18.2 Å². The van der Waals surface area contributed by atoms with Crippen molar-refractivity contribution >= 4 is 33.9 Å². The number of carbonyl (C=O) groups excluding carboxylic acids is 1. The van der Waals surface area contributed by atoms with Gasteiger partial charge in [-0.3, -0.25) is 4.79 Å². The molecular weight excluding hydrogens is 366 g/mol. The molecular formula is C28H27NO. The average molecular weight is 394 g/mol. The van der Waals surface area contributed by atoms with Gasteiger partial charge in [0.2, 0.25) is 0 Å². The molecule has 2 heteroatoms. The molecule has 150 valence electrons. The maximum atomic E-state index is 13.4. The van der Waals surface area contributed by atoms with Crippen LogP contribution in [0.1, 0.15) is 44.7 Å². The van der Waals surface area contributed by atoms with E-state index in [4.69, 9.17) is 0 Å². The van der Waals surface area contributed by atoms with E-state index in [1.165, 1.54) is 27.5 Å². The van der Waals surface area contributed by atoms with E-state index >= 15 is 0 Å². The Morgan fingerprint density at radius 1 is 0.967 bits per heavy atom. The molecule has 1 aliphatic carbocycles. The number of allylic oxidation sites excluding steroid dienone is 1. The molecule has 0 saturated heterocycles. The molecule has 1 heterocycles. The normalized spacial score (nSPS) is 20.6. The second kappa shape index (κ2) is 6.98. The van der Waals surface area contributed by atoms with E-state index in [9.17, 15) is 4.79 Å². The number of rotatable bonds is 2. The number of nitrogens with one attached hydrogen (secondary N) is 1. The van der Waals surface area contributed by atoms with Crippen LogP contribution < -0.4 is 5.32 Å². The van der Waals surface area contributed by atoms with Crippen molar-refractivity contribution in [1.29, 1.82) is 0 Å². The van der Waals surface area contributed by atoms with Crippen molar-refractivity contribution < 1.29 is 4.79 Å². The number of hydrogen-bond acceptors (Lipinski definition) is 2. The van der Waals surface area contributed by atoms with Gasteiger partial charge in [-0.1, -0.05) is 80.6 Å². The Hall–Kier alpha value is -3.13. The first-order valence-electron chi connectivity index (χ1n) is 10.7. The lowest BCUT2D eigenvalue weighted by Gasteiger charge is -2.40.